The first-order chi connectivity index (χ1) is 13.0. The molecule has 1 heterocycles. The van der Waals surface area contributed by atoms with Crippen LogP contribution in [0.3, 0.4) is 0 Å². The molecule has 0 aliphatic carbocycles. The zero-order chi connectivity index (χ0) is 19.2. The SMILES string of the molecule is O=C(CSCc1cc2c(cc1Br)OCCO2)Nc1ccccc1OC(F)F. The largest absolute Gasteiger partial charge is 0.486 e. The minimum absolute atomic E-state index is 0.0690. The van der Waals surface area contributed by atoms with Crippen LogP contribution in [0.25, 0.3) is 0 Å². The van der Waals surface area contributed by atoms with Gasteiger partial charge in [-0.25, -0.2) is 0 Å². The maximum Gasteiger partial charge on any atom is 0.387 e. The van der Waals surface area contributed by atoms with Gasteiger partial charge in [-0.2, -0.15) is 8.78 Å². The fourth-order valence-corrected chi connectivity index (χ4v) is 3.89. The molecule has 0 saturated heterocycles. The zero-order valence-corrected chi connectivity index (χ0v) is 16.4. The number of carbonyl (C=O) groups excluding carboxylic acids is 1. The van der Waals surface area contributed by atoms with Crippen LogP contribution in [-0.2, 0) is 10.5 Å². The molecule has 1 aliphatic rings. The number of thioether (sulfide) groups is 1. The van der Waals surface area contributed by atoms with E-state index >= 15 is 0 Å². The van der Waals surface area contributed by atoms with Gasteiger partial charge in [-0.3, -0.25) is 4.79 Å². The van der Waals surface area contributed by atoms with E-state index in [4.69, 9.17) is 9.47 Å². The van der Waals surface area contributed by atoms with E-state index in [1.807, 2.05) is 12.1 Å². The smallest absolute Gasteiger partial charge is 0.387 e. The summed E-state index contributed by atoms with van der Waals surface area (Å²) in [7, 11) is 0. The lowest BCUT2D eigenvalue weighted by atomic mass is 10.2. The van der Waals surface area contributed by atoms with Gasteiger partial charge in [0.25, 0.3) is 0 Å². The summed E-state index contributed by atoms with van der Waals surface area (Å²) in [5.74, 6) is 1.72. The van der Waals surface area contributed by atoms with Crippen molar-refractivity contribution < 1.29 is 27.8 Å². The molecule has 1 N–H and O–H groups in total. The van der Waals surface area contributed by atoms with Gasteiger partial charge in [-0.1, -0.05) is 28.1 Å². The summed E-state index contributed by atoms with van der Waals surface area (Å²) in [5.41, 5.74) is 1.18. The van der Waals surface area contributed by atoms with Gasteiger partial charge < -0.3 is 19.5 Å². The third kappa shape index (κ3) is 5.49. The Morgan fingerprint density at radius 1 is 1.22 bits per heavy atom. The molecule has 9 heteroatoms. The van der Waals surface area contributed by atoms with E-state index in [-0.39, 0.29) is 23.1 Å². The van der Waals surface area contributed by atoms with Crippen molar-refractivity contribution in [3.63, 3.8) is 0 Å². The van der Waals surface area contributed by atoms with Crippen molar-refractivity contribution in [3.8, 4) is 17.2 Å². The molecule has 27 heavy (non-hydrogen) atoms. The molecule has 5 nitrogen and oxygen atoms in total. The number of amides is 1. The number of rotatable bonds is 7. The predicted molar refractivity (Wildman–Crippen MR) is 103 cm³/mol. The number of nitrogens with one attached hydrogen (secondary N) is 1. The molecule has 0 saturated carbocycles. The summed E-state index contributed by atoms with van der Waals surface area (Å²) in [6, 6.07) is 9.81. The van der Waals surface area contributed by atoms with Crippen LogP contribution >= 0.6 is 27.7 Å². The van der Waals surface area contributed by atoms with Crippen LogP contribution in [0.5, 0.6) is 17.2 Å². The van der Waals surface area contributed by atoms with E-state index in [9.17, 15) is 13.6 Å². The Balaban J connectivity index is 1.55. The van der Waals surface area contributed by atoms with E-state index in [0.717, 1.165) is 10.0 Å². The predicted octanol–water partition coefficient (Wildman–Crippen LogP) is 4.69. The molecule has 0 atom stereocenters. The Labute approximate surface area is 167 Å². The maximum absolute atomic E-state index is 12.4. The summed E-state index contributed by atoms with van der Waals surface area (Å²) in [4.78, 5) is 12.1. The van der Waals surface area contributed by atoms with Crippen molar-refractivity contribution in [1.29, 1.82) is 0 Å². The zero-order valence-electron chi connectivity index (χ0n) is 14.0. The summed E-state index contributed by atoms with van der Waals surface area (Å²) < 4.78 is 41.2. The standard InChI is InChI=1S/C18H16BrF2NO4S/c19-12-8-16-15(24-5-6-25-16)7-11(12)9-27-10-17(23)22-13-3-1-2-4-14(13)26-18(20)21/h1-4,7-8,18H,5-6,9-10H2,(H,22,23). The first kappa shape index (κ1) is 19.8. The summed E-state index contributed by atoms with van der Waals surface area (Å²) in [6.45, 7) is -1.93. The van der Waals surface area contributed by atoms with Gasteiger partial charge in [0.15, 0.2) is 11.5 Å². The fraction of sp³-hybridized carbons (Fsp3) is 0.278. The number of benzene rings is 2. The maximum atomic E-state index is 12.4. The van der Waals surface area contributed by atoms with Crippen molar-refractivity contribution in [1.82, 2.24) is 0 Å². The van der Waals surface area contributed by atoms with Gasteiger partial charge in [0.1, 0.15) is 19.0 Å². The second kappa shape index (κ2) is 9.27. The topological polar surface area (TPSA) is 56.8 Å². The number of halogens is 3. The van der Waals surface area contributed by atoms with Crippen LogP contribution in [-0.4, -0.2) is 31.5 Å². The van der Waals surface area contributed by atoms with E-state index < -0.39 is 6.61 Å². The highest BCUT2D eigenvalue weighted by molar-refractivity contribution is 9.10. The minimum atomic E-state index is -2.95. The van der Waals surface area contributed by atoms with Gasteiger partial charge in [-0.15, -0.1) is 11.8 Å². The van der Waals surface area contributed by atoms with Crippen LogP contribution in [0, 0.1) is 0 Å². The second-order valence-electron chi connectivity index (χ2n) is 5.50. The Hall–Kier alpha value is -2.00. The third-order valence-corrected chi connectivity index (χ3v) is 5.30. The molecule has 0 fully saturated rings. The number of ether oxygens (including phenoxy) is 3. The molecule has 3 rings (SSSR count). The molecule has 144 valence electrons. The Bertz CT molecular complexity index is 822. The molecule has 0 bridgehead atoms. The van der Waals surface area contributed by atoms with E-state index in [0.29, 0.717) is 30.5 Å². The number of alkyl halides is 2. The molecule has 0 aromatic heterocycles. The summed E-state index contributed by atoms with van der Waals surface area (Å²) in [5, 5.41) is 2.59. The van der Waals surface area contributed by atoms with Crippen molar-refractivity contribution in [2.45, 2.75) is 12.4 Å². The fourth-order valence-electron chi connectivity index (χ4n) is 2.43. The average Bonchev–Trinajstić information content (AvgIpc) is 2.63. The van der Waals surface area contributed by atoms with Crippen LogP contribution in [0.4, 0.5) is 14.5 Å². The second-order valence-corrected chi connectivity index (χ2v) is 7.34. The molecule has 0 spiro atoms. The van der Waals surface area contributed by atoms with Gasteiger partial charge in [0.05, 0.1) is 11.4 Å². The number of fused-ring (bicyclic) bond motifs is 1. The highest BCUT2D eigenvalue weighted by Crippen LogP contribution is 2.37. The lowest BCUT2D eigenvalue weighted by Gasteiger charge is -2.19. The molecule has 0 radical (unpaired) electrons. The normalized spacial score (nSPS) is 12.7. The number of hydrogen-bond acceptors (Lipinski definition) is 5. The quantitative estimate of drug-likeness (QED) is 0.650. The number of anilines is 1. The first-order valence-electron chi connectivity index (χ1n) is 8.02. The lowest BCUT2D eigenvalue weighted by molar-refractivity contribution is -0.113. The van der Waals surface area contributed by atoms with Gasteiger partial charge >= 0.3 is 6.61 Å². The van der Waals surface area contributed by atoms with Gasteiger partial charge in [0, 0.05) is 10.2 Å². The average molecular weight is 460 g/mol. The van der Waals surface area contributed by atoms with Gasteiger partial charge in [0.2, 0.25) is 5.91 Å². The first-order valence-corrected chi connectivity index (χ1v) is 9.97. The van der Waals surface area contributed by atoms with Crippen LogP contribution in [0.1, 0.15) is 5.56 Å². The summed E-state index contributed by atoms with van der Waals surface area (Å²) >= 11 is 4.88. The Morgan fingerprint density at radius 2 is 1.93 bits per heavy atom. The molecule has 1 amide bonds. The Kier molecular flexibility index (Phi) is 6.78. The third-order valence-electron chi connectivity index (χ3n) is 3.58. The highest BCUT2D eigenvalue weighted by atomic mass is 79.9. The monoisotopic (exact) mass is 459 g/mol. The number of carbonyl (C=O) groups is 1. The van der Waals surface area contributed by atoms with Crippen molar-refractivity contribution >= 4 is 39.3 Å². The van der Waals surface area contributed by atoms with E-state index in [2.05, 4.69) is 26.0 Å². The molecule has 1 aliphatic heterocycles. The molecule has 0 unspecified atom stereocenters. The van der Waals surface area contributed by atoms with Crippen molar-refractivity contribution in [2.24, 2.45) is 0 Å². The number of para-hydroxylation sites is 2. The van der Waals surface area contributed by atoms with Crippen molar-refractivity contribution in [2.75, 3.05) is 24.3 Å². The van der Waals surface area contributed by atoms with Crippen LogP contribution in [0.2, 0.25) is 0 Å². The van der Waals surface area contributed by atoms with E-state index in [1.165, 1.54) is 23.9 Å². The van der Waals surface area contributed by atoms with Crippen LogP contribution < -0.4 is 19.5 Å². The van der Waals surface area contributed by atoms with Crippen molar-refractivity contribution in [3.05, 3.63) is 46.4 Å². The van der Waals surface area contributed by atoms with Crippen LogP contribution in [0.15, 0.2) is 40.9 Å². The summed E-state index contributed by atoms with van der Waals surface area (Å²) in [6.07, 6.45) is 0. The molecule has 2 aromatic carbocycles. The molecular weight excluding hydrogens is 444 g/mol. The highest BCUT2D eigenvalue weighted by Gasteiger charge is 2.16. The lowest BCUT2D eigenvalue weighted by Crippen LogP contribution is -2.16. The minimum Gasteiger partial charge on any atom is -0.486 e. The van der Waals surface area contributed by atoms with E-state index in [1.54, 1.807) is 12.1 Å². The molecular formula is C18H16BrF2NO4S. The number of hydrogen-bond donors (Lipinski definition) is 1. The van der Waals surface area contributed by atoms with Gasteiger partial charge in [-0.05, 0) is 29.8 Å². The Morgan fingerprint density at radius 3 is 2.67 bits per heavy atom. The molecule has 2 aromatic rings.